The average Bonchev–Trinajstić information content (AvgIpc) is 2.18. The van der Waals surface area contributed by atoms with Gasteiger partial charge in [0.05, 0.1) is 6.10 Å². The van der Waals surface area contributed by atoms with Gasteiger partial charge in [0.25, 0.3) is 0 Å². The quantitative estimate of drug-likeness (QED) is 0.650. The van der Waals surface area contributed by atoms with E-state index in [1.165, 1.54) is 32.5 Å². The van der Waals surface area contributed by atoms with Gasteiger partial charge in [-0.3, -0.25) is 0 Å². The Morgan fingerprint density at radius 2 is 1.93 bits per heavy atom. The molecule has 1 aliphatic heterocycles. The number of unbranched alkanes of at least 4 members (excludes halogenated alkanes) is 1. The fourth-order valence-electron chi connectivity index (χ4n) is 1.69. The van der Waals surface area contributed by atoms with Crippen molar-refractivity contribution in [1.29, 1.82) is 0 Å². The van der Waals surface area contributed by atoms with Crippen LogP contribution in [-0.2, 0) is 4.74 Å². The predicted molar refractivity (Wildman–Crippen MR) is 59.6 cm³/mol. The van der Waals surface area contributed by atoms with E-state index in [9.17, 15) is 0 Å². The van der Waals surface area contributed by atoms with E-state index >= 15 is 0 Å². The van der Waals surface area contributed by atoms with Crippen molar-refractivity contribution < 1.29 is 4.74 Å². The maximum atomic E-state index is 5.50. The molecule has 84 valence electrons. The molecule has 0 aromatic carbocycles. The number of hydrogen-bond donors (Lipinski definition) is 1. The molecule has 1 aliphatic rings. The van der Waals surface area contributed by atoms with Crippen LogP contribution < -0.4 is 5.32 Å². The van der Waals surface area contributed by atoms with Gasteiger partial charge >= 0.3 is 0 Å². The van der Waals surface area contributed by atoms with Gasteiger partial charge in [-0.25, -0.2) is 0 Å². The van der Waals surface area contributed by atoms with Crippen LogP contribution in [0.25, 0.3) is 0 Å². The van der Waals surface area contributed by atoms with Crippen molar-refractivity contribution in [3.8, 4) is 0 Å². The van der Waals surface area contributed by atoms with Gasteiger partial charge in [-0.15, -0.1) is 0 Å². The molecule has 1 saturated heterocycles. The van der Waals surface area contributed by atoms with Gasteiger partial charge in [0.15, 0.2) is 0 Å². The lowest BCUT2D eigenvalue weighted by Crippen LogP contribution is -2.43. The van der Waals surface area contributed by atoms with Gasteiger partial charge in [0.2, 0.25) is 0 Å². The molecule has 0 atom stereocenters. The summed E-state index contributed by atoms with van der Waals surface area (Å²) in [5.41, 5.74) is 0. The Morgan fingerprint density at radius 1 is 1.21 bits per heavy atom. The Hall–Kier alpha value is -0.120. The van der Waals surface area contributed by atoms with Crippen LogP contribution in [0.5, 0.6) is 0 Å². The van der Waals surface area contributed by atoms with Crippen molar-refractivity contribution in [1.82, 2.24) is 10.2 Å². The zero-order valence-corrected chi connectivity index (χ0v) is 9.59. The molecule has 0 aromatic heterocycles. The highest BCUT2D eigenvalue weighted by molar-refractivity contribution is 4.66. The highest BCUT2D eigenvalue weighted by Gasteiger charge is 2.07. The van der Waals surface area contributed by atoms with Gasteiger partial charge in [0.1, 0.15) is 0 Å². The monoisotopic (exact) mass is 200 g/mol. The molecule has 14 heavy (non-hydrogen) atoms. The van der Waals surface area contributed by atoms with E-state index < -0.39 is 0 Å². The van der Waals surface area contributed by atoms with E-state index in [0.717, 1.165) is 19.7 Å². The molecule has 1 heterocycles. The Balaban J connectivity index is 1.87. The Kier molecular flexibility index (Phi) is 6.15. The second kappa shape index (κ2) is 7.21. The summed E-state index contributed by atoms with van der Waals surface area (Å²) >= 11 is 0. The van der Waals surface area contributed by atoms with Crippen molar-refractivity contribution in [2.24, 2.45) is 0 Å². The summed E-state index contributed by atoms with van der Waals surface area (Å²) in [5.74, 6) is 0. The first kappa shape index (κ1) is 12.0. The standard InChI is InChI=1S/C11H24N2O/c1-11(2)14-10-4-3-7-13-8-5-12-6-9-13/h11-12H,3-10H2,1-2H3. The van der Waals surface area contributed by atoms with Crippen LogP contribution in [0.3, 0.4) is 0 Å². The second-order valence-corrected chi connectivity index (χ2v) is 4.22. The number of piperazine rings is 1. The molecule has 1 rings (SSSR count). The van der Waals surface area contributed by atoms with E-state index in [1.54, 1.807) is 0 Å². The average molecular weight is 200 g/mol. The molecule has 0 saturated carbocycles. The molecule has 0 amide bonds. The second-order valence-electron chi connectivity index (χ2n) is 4.22. The lowest BCUT2D eigenvalue weighted by Gasteiger charge is -2.27. The molecular weight excluding hydrogens is 176 g/mol. The zero-order valence-electron chi connectivity index (χ0n) is 9.59. The van der Waals surface area contributed by atoms with E-state index in [1.807, 2.05) is 0 Å². The number of rotatable bonds is 6. The van der Waals surface area contributed by atoms with Crippen molar-refractivity contribution >= 4 is 0 Å². The summed E-state index contributed by atoms with van der Waals surface area (Å²) in [6, 6.07) is 0. The first-order valence-corrected chi connectivity index (χ1v) is 5.83. The molecule has 3 nitrogen and oxygen atoms in total. The highest BCUT2D eigenvalue weighted by Crippen LogP contribution is 1.99. The van der Waals surface area contributed by atoms with Crippen LogP contribution in [0.1, 0.15) is 26.7 Å². The van der Waals surface area contributed by atoms with Gasteiger partial charge in [-0.2, -0.15) is 0 Å². The Morgan fingerprint density at radius 3 is 2.57 bits per heavy atom. The summed E-state index contributed by atoms with van der Waals surface area (Å²) in [6.45, 7) is 11.1. The van der Waals surface area contributed by atoms with Crippen LogP contribution in [0, 0.1) is 0 Å². The summed E-state index contributed by atoms with van der Waals surface area (Å²) in [5, 5.41) is 3.36. The van der Waals surface area contributed by atoms with Crippen molar-refractivity contribution in [3.05, 3.63) is 0 Å². The first-order valence-electron chi connectivity index (χ1n) is 5.83. The Bertz CT molecular complexity index is 133. The third-order valence-corrected chi connectivity index (χ3v) is 2.53. The third-order valence-electron chi connectivity index (χ3n) is 2.53. The molecule has 1 N–H and O–H groups in total. The minimum atomic E-state index is 0.384. The van der Waals surface area contributed by atoms with Crippen LogP contribution >= 0.6 is 0 Å². The topological polar surface area (TPSA) is 24.5 Å². The fraction of sp³-hybridized carbons (Fsp3) is 1.00. The fourth-order valence-corrected chi connectivity index (χ4v) is 1.69. The normalized spacial score (nSPS) is 19.1. The van der Waals surface area contributed by atoms with E-state index in [0.29, 0.717) is 6.10 Å². The van der Waals surface area contributed by atoms with E-state index in [4.69, 9.17) is 4.74 Å². The molecule has 0 unspecified atom stereocenters. The van der Waals surface area contributed by atoms with Crippen LogP contribution in [-0.4, -0.2) is 50.3 Å². The van der Waals surface area contributed by atoms with Crippen LogP contribution in [0.2, 0.25) is 0 Å². The summed E-state index contributed by atoms with van der Waals surface area (Å²) in [4.78, 5) is 2.53. The summed E-state index contributed by atoms with van der Waals surface area (Å²) in [7, 11) is 0. The van der Waals surface area contributed by atoms with Crippen molar-refractivity contribution in [2.45, 2.75) is 32.8 Å². The van der Waals surface area contributed by atoms with Crippen LogP contribution in [0.4, 0.5) is 0 Å². The molecule has 0 bridgehead atoms. The number of nitrogens with one attached hydrogen (secondary N) is 1. The lowest BCUT2D eigenvalue weighted by atomic mass is 10.2. The highest BCUT2D eigenvalue weighted by atomic mass is 16.5. The smallest absolute Gasteiger partial charge is 0.0518 e. The molecule has 0 aliphatic carbocycles. The zero-order chi connectivity index (χ0) is 10.2. The van der Waals surface area contributed by atoms with Gasteiger partial charge in [-0.05, 0) is 33.2 Å². The SMILES string of the molecule is CC(C)OCCCCN1CCNCC1. The molecule has 1 fully saturated rings. The minimum absolute atomic E-state index is 0.384. The summed E-state index contributed by atoms with van der Waals surface area (Å²) in [6.07, 6.45) is 2.85. The Labute approximate surface area is 87.8 Å². The number of ether oxygens (including phenoxy) is 1. The number of nitrogens with zero attached hydrogens (tertiary/aromatic N) is 1. The lowest BCUT2D eigenvalue weighted by molar-refractivity contribution is 0.0739. The minimum Gasteiger partial charge on any atom is -0.379 e. The van der Waals surface area contributed by atoms with Crippen LogP contribution in [0.15, 0.2) is 0 Å². The maximum absolute atomic E-state index is 5.50. The van der Waals surface area contributed by atoms with E-state index in [-0.39, 0.29) is 0 Å². The van der Waals surface area contributed by atoms with E-state index in [2.05, 4.69) is 24.1 Å². The predicted octanol–water partition coefficient (Wildman–Crippen LogP) is 1.10. The molecule has 3 heteroatoms. The van der Waals surface area contributed by atoms with Gasteiger partial charge < -0.3 is 15.0 Å². The maximum Gasteiger partial charge on any atom is 0.0518 e. The van der Waals surface area contributed by atoms with Crippen molar-refractivity contribution in [2.75, 3.05) is 39.3 Å². The largest absolute Gasteiger partial charge is 0.379 e. The molecule has 0 spiro atoms. The molecule has 0 aromatic rings. The first-order chi connectivity index (χ1) is 6.79. The third kappa shape index (κ3) is 5.58. The van der Waals surface area contributed by atoms with Gasteiger partial charge in [-0.1, -0.05) is 0 Å². The molecular formula is C11H24N2O. The number of hydrogen-bond acceptors (Lipinski definition) is 3. The summed E-state index contributed by atoms with van der Waals surface area (Å²) < 4.78 is 5.50. The van der Waals surface area contributed by atoms with Crippen molar-refractivity contribution in [3.63, 3.8) is 0 Å². The van der Waals surface area contributed by atoms with Gasteiger partial charge in [0, 0.05) is 32.8 Å². The molecule has 0 radical (unpaired) electrons.